The molecule has 3 heteroatoms. The van der Waals surface area contributed by atoms with Gasteiger partial charge < -0.3 is 10.6 Å². The Morgan fingerprint density at radius 3 is 3.09 bits per heavy atom. The molecule has 0 bridgehead atoms. The lowest BCUT2D eigenvalue weighted by molar-refractivity contribution is 0.393. The van der Waals surface area contributed by atoms with Crippen LogP contribution >= 0.6 is 0 Å². The first-order valence-corrected chi connectivity index (χ1v) is 4.09. The molecule has 1 aliphatic heterocycles. The summed E-state index contributed by atoms with van der Waals surface area (Å²) in [6.45, 7) is 5.13. The highest BCUT2D eigenvalue weighted by molar-refractivity contribution is 4.92. The Morgan fingerprint density at radius 1 is 1.73 bits per heavy atom. The quantitative estimate of drug-likeness (QED) is 0.571. The van der Waals surface area contributed by atoms with Gasteiger partial charge in [0.2, 0.25) is 0 Å². The molecule has 1 rings (SSSR count). The van der Waals surface area contributed by atoms with Gasteiger partial charge in [-0.15, -0.1) is 0 Å². The van der Waals surface area contributed by atoms with Gasteiger partial charge >= 0.3 is 0 Å². The first kappa shape index (κ1) is 8.51. The van der Waals surface area contributed by atoms with Gasteiger partial charge in [-0.25, -0.2) is 0 Å². The number of nitrogens with zero attached hydrogens (tertiary/aromatic N) is 1. The summed E-state index contributed by atoms with van der Waals surface area (Å²) in [7, 11) is 0. The molecule has 0 aliphatic carbocycles. The number of hydrogen-bond donors (Lipinski definition) is 2. The number of nitriles is 1. The predicted octanol–water partition coefficient (Wildman–Crippen LogP) is 0.242. The first-order chi connectivity index (χ1) is 5.27. The molecular formula is C8H15N3. The fourth-order valence-electron chi connectivity index (χ4n) is 1.39. The van der Waals surface area contributed by atoms with Crippen LogP contribution < -0.4 is 10.6 Å². The summed E-state index contributed by atoms with van der Waals surface area (Å²) in [5.41, 5.74) is 0.233. The fourth-order valence-corrected chi connectivity index (χ4v) is 1.39. The van der Waals surface area contributed by atoms with Gasteiger partial charge in [-0.3, -0.25) is 0 Å². The average molecular weight is 153 g/mol. The van der Waals surface area contributed by atoms with Gasteiger partial charge in [-0.1, -0.05) is 0 Å². The van der Waals surface area contributed by atoms with Gasteiger partial charge in [0.15, 0.2) is 0 Å². The molecule has 1 atom stereocenters. The molecule has 0 aromatic rings. The summed E-state index contributed by atoms with van der Waals surface area (Å²) in [5, 5.41) is 15.0. The molecule has 0 amide bonds. The topological polar surface area (TPSA) is 47.9 Å². The number of rotatable bonds is 3. The van der Waals surface area contributed by atoms with Crippen molar-refractivity contribution >= 4 is 0 Å². The SMILES string of the molecule is CC1(NCCC#N)CCNC1. The van der Waals surface area contributed by atoms with Crippen LogP contribution in [0.5, 0.6) is 0 Å². The van der Waals surface area contributed by atoms with Crippen molar-refractivity contribution in [2.24, 2.45) is 0 Å². The Bertz CT molecular complexity index is 153. The second-order valence-electron chi connectivity index (χ2n) is 3.32. The molecule has 3 nitrogen and oxygen atoms in total. The molecule has 0 saturated carbocycles. The van der Waals surface area contributed by atoms with E-state index < -0.39 is 0 Å². The minimum Gasteiger partial charge on any atom is -0.315 e. The zero-order valence-corrected chi connectivity index (χ0v) is 6.98. The van der Waals surface area contributed by atoms with Crippen molar-refractivity contribution in [3.63, 3.8) is 0 Å². The lowest BCUT2D eigenvalue weighted by atomic mass is 10.0. The third kappa shape index (κ3) is 2.49. The van der Waals surface area contributed by atoms with E-state index in [0.717, 1.165) is 19.6 Å². The van der Waals surface area contributed by atoms with Crippen LogP contribution in [0.25, 0.3) is 0 Å². The average Bonchev–Trinajstić information content (AvgIpc) is 2.38. The van der Waals surface area contributed by atoms with Crippen molar-refractivity contribution in [3.8, 4) is 6.07 Å². The van der Waals surface area contributed by atoms with E-state index in [1.165, 1.54) is 6.42 Å². The first-order valence-electron chi connectivity index (χ1n) is 4.09. The van der Waals surface area contributed by atoms with Gasteiger partial charge in [0, 0.05) is 25.0 Å². The predicted molar refractivity (Wildman–Crippen MR) is 44.1 cm³/mol. The van der Waals surface area contributed by atoms with E-state index in [-0.39, 0.29) is 5.54 Å². The molecule has 1 unspecified atom stereocenters. The third-order valence-corrected chi connectivity index (χ3v) is 2.16. The second kappa shape index (κ2) is 3.70. The molecule has 1 saturated heterocycles. The summed E-state index contributed by atoms with van der Waals surface area (Å²) in [6.07, 6.45) is 1.77. The van der Waals surface area contributed by atoms with E-state index >= 15 is 0 Å². The van der Waals surface area contributed by atoms with Crippen molar-refractivity contribution in [1.29, 1.82) is 5.26 Å². The molecule has 0 aromatic heterocycles. The van der Waals surface area contributed by atoms with E-state index in [1.807, 2.05) is 0 Å². The van der Waals surface area contributed by atoms with Gasteiger partial charge in [0.05, 0.1) is 6.07 Å². The molecule has 1 aliphatic rings. The van der Waals surface area contributed by atoms with Crippen LogP contribution in [0.3, 0.4) is 0 Å². The maximum absolute atomic E-state index is 8.32. The van der Waals surface area contributed by atoms with Crippen molar-refractivity contribution in [1.82, 2.24) is 10.6 Å². The maximum atomic E-state index is 8.32. The van der Waals surface area contributed by atoms with Crippen molar-refractivity contribution < 1.29 is 0 Å². The largest absolute Gasteiger partial charge is 0.315 e. The zero-order valence-electron chi connectivity index (χ0n) is 6.98. The van der Waals surface area contributed by atoms with E-state index in [0.29, 0.717) is 6.42 Å². The maximum Gasteiger partial charge on any atom is 0.0635 e. The van der Waals surface area contributed by atoms with Crippen LogP contribution in [0, 0.1) is 11.3 Å². The Labute approximate surface area is 67.8 Å². The smallest absolute Gasteiger partial charge is 0.0635 e. The normalized spacial score (nSPS) is 30.2. The fraction of sp³-hybridized carbons (Fsp3) is 0.875. The number of hydrogen-bond acceptors (Lipinski definition) is 3. The van der Waals surface area contributed by atoms with Crippen LogP contribution in [0.15, 0.2) is 0 Å². The molecule has 0 aromatic carbocycles. The van der Waals surface area contributed by atoms with Gasteiger partial charge in [-0.05, 0) is 19.9 Å². The summed E-state index contributed by atoms with van der Waals surface area (Å²) >= 11 is 0. The second-order valence-corrected chi connectivity index (χ2v) is 3.32. The monoisotopic (exact) mass is 153 g/mol. The van der Waals surface area contributed by atoms with Gasteiger partial charge in [0.1, 0.15) is 0 Å². The van der Waals surface area contributed by atoms with Crippen LogP contribution in [0.2, 0.25) is 0 Å². The molecule has 2 N–H and O–H groups in total. The summed E-state index contributed by atoms with van der Waals surface area (Å²) in [5.74, 6) is 0. The van der Waals surface area contributed by atoms with Crippen LogP contribution in [0.1, 0.15) is 19.8 Å². The minimum absolute atomic E-state index is 0.233. The van der Waals surface area contributed by atoms with E-state index in [4.69, 9.17) is 5.26 Å². The molecular weight excluding hydrogens is 138 g/mol. The van der Waals surface area contributed by atoms with Crippen LogP contribution in [-0.2, 0) is 0 Å². The Hall–Kier alpha value is -0.590. The van der Waals surface area contributed by atoms with Gasteiger partial charge in [0.25, 0.3) is 0 Å². The molecule has 62 valence electrons. The summed E-state index contributed by atoms with van der Waals surface area (Å²) in [4.78, 5) is 0. The highest BCUT2D eigenvalue weighted by Crippen LogP contribution is 2.12. The van der Waals surface area contributed by atoms with Crippen molar-refractivity contribution in [2.45, 2.75) is 25.3 Å². The van der Waals surface area contributed by atoms with Crippen LogP contribution in [0.4, 0.5) is 0 Å². The Kier molecular flexibility index (Phi) is 2.86. The zero-order chi connectivity index (χ0) is 8.16. The van der Waals surface area contributed by atoms with E-state index in [2.05, 4.69) is 23.6 Å². The highest BCUT2D eigenvalue weighted by atomic mass is 15.1. The standard InChI is InChI=1S/C8H15N3/c1-8(3-6-10-7-8)11-5-2-4-9/h10-11H,2-3,5-7H2,1H3. The van der Waals surface area contributed by atoms with E-state index in [9.17, 15) is 0 Å². The molecule has 0 radical (unpaired) electrons. The third-order valence-electron chi connectivity index (χ3n) is 2.16. The summed E-state index contributed by atoms with van der Waals surface area (Å²) in [6, 6.07) is 2.13. The van der Waals surface area contributed by atoms with Crippen molar-refractivity contribution in [2.75, 3.05) is 19.6 Å². The van der Waals surface area contributed by atoms with Crippen molar-refractivity contribution in [3.05, 3.63) is 0 Å². The highest BCUT2D eigenvalue weighted by Gasteiger charge is 2.26. The minimum atomic E-state index is 0.233. The lowest BCUT2D eigenvalue weighted by Gasteiger charge is -2.23. The molecule has 0 spiro atoms. The van der Waals surface area contributed by atoms with Gasteiger partial charge in [-0.2, -0.15) is 5.26 Å². The summed E-state index contributed by atoms with van der Waals surface area (Å²) < 4.78 is 0. The Morgan fingerprint density at radius 2 is 2.55 bits per heavy atom. The van der Waals surface area contributed by atoms with E-state index in [1.54, 1.807) is 0 Å². The molecule has 11 heavy (non-hydrogen) atoms. The molecule has 1 fully saturated rings. The Balaban J connectivity index is 2.19. The number of nitrogens with one attached hydrogen (secondary N) is 2. The van der Waals surface area contributed by atoms with Crippen LogP contribution in [-0.4, -0.2) is 25.2 Å². The molecule has 1 heterocycles. The lowest BCUT2D eigenvalue weighted by Crippen LogP contribution is -2.44.